The number of hydrogen-bond donors (Lipinski definition) is 0. The Morgan fingerprint density at radius 1 is 1.43 bits per heavy atom. The van der Waals surface area contributed by atoms with E-state index in [1.807, 2.05) is 6.20 Å². The zero-order valence-corrected chi connectivity index (χ0v) is 9.40. The van der Waals surface area contributed by atoms with Crippen LogP contribution in [0.25, 0.3) is 10.4 Å². The van der Waals surface area contributed by atoms with Gasteiger partial charge in [-0.15, -0.1) is 22.9 Å². The number of aryl methyl sites for hydroxylation is 1. The SMILES string of the molecule is Cc1cccc(-c2cnc(CCl)s2)c1. The molecule has 0 aliphatic heterocycles. The van der Waals surface area contributed by atoms with Gasteiger partial charge in [0.05, 0.1) is 10.8 Å². The van der Waals surface area contributed by atoms with Crippen LogP contribution in [0.4, 0.5) is 0 Å². The van der Waals surface area contributed by atoms with Gasteiger partial charge in [-0.1, -0.05) is 29.8 Å². The normalized spacial score (nSPS) is 10.4. The average molecular weight is 224 g/mol. The highest BCUT2D eigenvalue weighted by molar-refractivity contribution is 7.15. The zero-order valence-electron chi connectivity index (χ0n) is 7.83. The molecule has 0 radical (unpaired) electrons. The molecule has 0 saturated carbocycles. The molecular weight excluding hydrogens is 214 g/mol. The predicted octanol–water partition coefficient (Wildman–Crippen LogP) is 3.86. The van der Waals surface area contributed by atoms with Crippen molar-refractivity contribution in [2.75, 3.05) is 0 Å². The van der Waals surface area contributed by atoms with Crippen LogP contribution in [0, 0.1) is 6.92 Å². The molecule has 0 aliphatic rings. The minimum Gasteiger partial charge on any atom is -0.248 e. The Morgan fingerprint density at radius 3 is 2.93 bits per heavy atom. The Labute approximate surface area is 92.4 Å². The summed E-state index contributed by atoms with van der Waals surface area (Å²) in [5, 5.41) is 0.975. The van der Waals surface area contributed by atoms with Crippen LogP contribution in [0.1, 0.15) is 10.6 Å². The van der Waals surface area contributed by atoms with Crippen LogP contribution in [0.15, 0.2) is 30.5 Å². The highest BCUT2D eigenvalue weighted by atomic mass is 35.5. The molecule has 1 aromatic heterocycles. The number of halogens is 1. The zero-order chi connectivity index (χ0) is 9.97. The molecule has 0 saturated heterocycles. The molecule has 0 bridgehead atoms. The van der Waals surface area contributed by atoms with E-state index in [9.17, 15) is 0 Å². The smallest absolute Gasteiger partial charge is 0.108 e. The fraction of sp³-hybridized carbons (Fsp3) is 0.182. The summed E-state index contributed by atoms with van der Waals surface area (Å²) in [6, 6.07) is 8.40. The minimum atomic E-state index is 0.497. The van der Waals surface area contributed by atoms with E-state index in [2.05, 4.69) is 36.2 Å². The van der Waals surface area contributed by atoms with Crippen LogP contribution in [0.2, 0.25) is 0 Å². The van der Waals surface area contributed by atoms with Crippen molar-refractivity contribution in [2.45, 2.75) is 12.8 Å². The maximum Gasteiger partial charge on any atom is 0.108 e. The summed E-state index contributed by atoms with van der Waals surface area (Å²) in [6.45, 7) is 2.09. The van der Waals surface area contributed by atoms with Crippen molar-refractivity contribution in [3.8, 4) is 10.4 Å². The first-order chi connectivity index (χ1) is 6.79. The van der Waals surface area contributed by atoms with Gasteiger partial charge in [-0.2, -0.15) is 0 Å². The molecule has 1 aromatic carbocycles. The molecule has 0 amide bonds. The maximum atomic E-state index is 5.71. The first-order valence-electron chi connectivity index (χ1n) is 4.37. The van der Waals surface area contributed by atoms with Crippen molar-refractivity contribution in [3.05, 3.63) is 41.0 Å². The van der Waals surface area contributed by atoms with Crippen molar-refractivity contribution >= 4 is 22.9 Å². The average Bonchev–Trinajstić information content (AvgIpc) is 2.66. The lowest BCUT2D eigenvalue weighted by molar-refractivity contribution is 1.26. The number of aromatic nitrogens is 1. The summed E-state index contributed by atoms with van der Waals surface area (Å²) < 4.78 is 0. The third kappa shape index (κ3) is 1.97. The number of thiazole rings is 1. The van der Waals surface area contributed by atoms with Gasteiger partial charge in [0.25, 0.3) is 0 Å². The highest BCUT2D eigenvalue weighted by Crippen LogP contribution is 2.27. The molecule has 1 heterocycles. The van der Waals surface area contributed by atoms with Gasteiger partial charge in [-0.25, -0.2) is 4.98 Å². The lowest BCUT2D eigenvalue weighted by Crippen LogP contribution is -1.74. The van der Waals surface area contributed by atoms with Gasteiger partial charge in [-0.3, -0.25) is 0 Å². The number of nitrogens with zero attached hydrogens (tertiary/aromatic N) is 1. The molecular formula is C11H10ClNS. The van der Waals surface area contributed by atoms with Crippen molar-refractivity contribution in [3.63, 3.8) is 0 Å². The van der Waals surface area contributed by atoms with Gasteiger partial charge >= 0.3 is 0 Å². The summed E-state index contributed by atoms with van der Waals surface area (Å²) in [5.41, 5.74) is 2.49. The third-order valence-corrected chi connectivity index (χ3v) is 3.43. The Hall–Kier alpha value is -0.860. The lowest BCUT2D eigenvalue weighted by Gasteiger charge is -1.97. The van der Waals surface area contributed by atoms with E-state index in [4.69, 9.17) is 11.6 Å². The van der Waals surface area contributed by atoms with Gasteiger partial charge in [0.2, 0.25) is 0 Å². The fourth-order valence-electron chi connectivity index (χ4n) is 1.30. The third-order valence-electron chi connectivity index (χ3n) is 1.97. The van der Waals surface area contributed by atoms with Crippen LogP contribution in [-0.2, 0) is 5.88 Å². The summed E-state index contributed by atoms with van der Waals surface area (Å²) in [7, 11) is 0. The van der Waals surface area contributed by atoms with Crippen molar-refractivity contribution in [2.24, 2.45) is 0 Å². The molecule has 0 unspecified atom stereocenters. The minimum absolute atomic E-state index is 0.497. The van der Waals surface area contributed by atoms with E-state index < -0.39 is 0 Å². The van der Waals surface area contributed by atoms with E-state index in [1.165, 1.54) is 16.0 Å². The Kier molecular flexibility index (Phi) is 2.85. The van der Waals surface area contributed by atoms with Crippen LogP contribution < -0.4 is 0 Å². The molecule has 0 atom stereocenters. The van der Waals surface area contributed by atoms with Crippen LogP contribution in [-0.4, -0.2) is 4.98 Å². The quantitative estimate of drug-likeness (QED) is 0.705. The molecule has 2 rings (SSSR count). The number of alkyl halides is 1. The van der Waals surface area contributed by atoms with Gasteiger partial charge in [0.1, 0.15) is 5.01 Å². The Balaban J connectivity index is 2.39. The summed E-state index contributed by atoms with van der Waals surface area (Å²) in [6.07, 6.45) is 1.89. The Morgan fingerprint density at radius 2 is 2.29 bits per heavy atom. The maximum absolute atomic E-state index is 5.71. The lowest BCUT2D eigenvalue weighted by atomic mass is 10.1. The predicted molar refractivity (Wildman–Crippen MR) is 61.8 cm³/mol. The molecule has 1 nitrogen and oxygen atoms in total. The first kappa shape index (κ1) is 9.69. The molecule has 0 aliphatic carbocycles. The van der Waals surface area contributed by atoms with Gasteiger partial charge in [-0.05, 0) is 12.5 Å². The number of hydrogen-bond acceptors (Lipinski definition) is 2. The monoisotopic (exact) mass is 223 g/mol. The van der Waals surface area contributed by atoms with Crippen LogP contribution >= 0.6 is 22.9 Å². The summed E-state index contributed by atoms with van der Waals surface area (Å²) >= 11 is 7.36. The summed E-state index contributed by atoms with van der Waals surface area (Å²) in [5.74, 6) is 0.497. The molecule has 0 fully saturated rings. The van der Waals surface area contributed by atoms with E-state index >= 15 is 0 Å². The Bertz CT molecular complexity index is 436. The van der Waals surface area contributed by atoms with E-state index in [-0.39, 0.29) is 0 Å². The number of rotatable bonds is 2. The fourth-order valence-corrected chi connectivity index (χ4v) is 2.30. The van der Waals surface area contributed by atoms with E-state index in [1.54, 1.807) is 11.3 Å². The molecule has 72 valence electrons. The standard InChI is InChI=1S/C11H10ClNS/c1-8-3-2-4-9(5-8)10-7-13-11(6-12)14-10/h2-5,7H,6H2,1H3. The van der Waals surface area contributed by atoms with Gasteiger partial charge in [0.15, 0.2) is 0 Å². The summed E-state index contributed by atoms with van der Waals surface area (Å²) in [4.78, 5) is 5.41. The van der Waals surface area contributed by atoms with E-state index in [0.29, 0.717) is 5.88 Å². The first-order valence-corrected chi connectivity index (χ1v) is 5.72. The number of benzene rings is 1. The van der Waals surface area contributed by atoms with Crippen LogP contribution in [0.3, 0.4) is 0 Å². The molecule has 0 N–H and O–H groups in total. The van der Waals surface area contributed by atoms with Crippen molar-refractivity contribution < 1.29 is 0 Å². The second kappa shape index (κ2) is 4.11. The second-order valence-electron chi connectivity index (χ2n) is 3.12. The van der Waals surface area contributed by atoms with Crippen molar-refractivity contribution in [1.82, 2.24) is 4.98 Å². The highest BCUT2D eigenvalue weighted by Gasteiger charge is 2.02. The molecule has 0 spiro atoms. The van der Waals surface area contributed by atoms with Gasteiger partial charge < -0.3 is 0 Å². The molecule has 14 heavy (non-hydrogen) atoms. The second-order valence-corrected chi connectivity index (χ2v) is 4.50. The van der Waals surface area contributed by atoms with Gasteiger partial charge in [0, 0.05) is 6.20 Å². The molecule has 2 aromatic rings. The topological polar surface area (TPSA) is 12.9 Å². The van der Waals surface area contributed by atoms with E-state index in [0.717, 1.165) is 5.01 Å². The van der Waals surface area contributed by atoms with Crippen molar-refractivity contribution in [1.29, 1.82) is 0 Å². The largest absolute Gasteiger partial charge is 0.248 e. The van der Waals surface area contributed by atoms with Crippen LogP contribution in [0.5, 0.6) is 0 Å². The molecule has 3 heteroatoms.